The maximum absolute atomic E-state index is 14.2. The molecule has 1 aromatic carbocycles. The van der Waals surface area contributed by atoms with Crippen LogP contribution in [0.4, 0.5) is 4.39 Å². The zero-order chi connectivity index (χ0) is 18.4. The smallest absolute Gasteiger partial charge is 0.169 e. The van der Waals surface area contributed by atoms with Gasteiger partial charge in [-0.15, -0.1) is 0 Å². The molecule has 0 aromatic heterocycles. The van der Waals surface area contributed by atoms with Gasteiger partial charge in [-0.3, -0.25) is 0 Å². The highest BCUT2D eigenvalue weighted by atomic mass is 19.1. The van der Waals surface area contributed by atoms with Gasteiger partial charge in [0.05, 0.1) is 6.04 Å². The highest BCUT2D eigenvalue weighted by Gasteiger charge is 2.24. The van der Waals surface area contributed by atoms with E-state index < -0.39 is 6.30 Å². The Morgan fingerprint density at radius 3 is 2.60 bits per heavy atom. The maximum Gasteiger partial charge on any atom is 0.169 e. The van der Waals surface area contributed by atoms with E-state index in [-0.39, 0.29) is 6.04 Å². The second-order valence-electron chi connectivity index (χ2n) is 6.75. The fourth-order valence-corrected chi connectivity index (χ4v) is 3.25. The first kappa shape index (κ1) is 19.2. The minimum atomic E-state index is -1.03. The van der Waals surface area contributed by atoms with E-state index >= 15 is 0 Å². The molecule has 2 atom stereocenters. The Morgan fingerprint density at radius 1 is 1.24 bits per heavy atom. The number of halogens is 1. The molecule has 0 N–H and O–H groups in total. The Kier molecular flexibility index (Phi) is 6.81. The monoisotopic (exact) mass is 339 g/mol. The summed E-state index contributed by atoms with van der Waals surface area (Å²) in [7, 11) is 0. The third-order valence-corrected chi connectivity index (χ3v) is 4.60. The fraction of sp³-hybridized carbons (Fsp3) is 0.391. The van der Waals surface area contributed by atoms with Crippen molar-refractivity contribution in [2.45, 2.75) is 59.3 Å². The molecule has 1 aliphatic rings. The molecule has 0 saturated heterocycles. The number of nitrogens with zero attached hydrogens (tertiary/aromatic N) is 1. The molecule has 0 radical (unpaired) electrons. The zero-order valence-corrected chi connectivity index (χ0v) is 16.0. The van der Waals surface area contributed by atoms with Crippen molar-refractivity contribution in [2.75, 3.05) is 0 Å². The molecule has 0 fully saturated rings. The van der Waals surface area contributed by atoms with Gasteiger partial charge in [0.2, 0.25) is 0 Å². The number of hydrogen-bond acceptors (Lipinski definition) is 1. The average Bonchev–Trinajstić information content (AvgIpc) is 2.62. The predicted octanol–water partition coefficient (Wildman–Crippen LogP) is 6.92. The van der Waals surface area contributed by atoms with Crippen molar-refractivity contribution in [1.29, 1.82) is 0 Å². The number of benzene rings is 1. The van der Waals surface area contributed by atoms with Crippen LogP contribution in [0.3, 0.4) is 0 Å². The molecule has 0 spiro atoms. The highest BCUT2D eigenvalue weighted by Crippen LogP contribution is 2.35. The Morgan fingerprint density at radius 2 is 2.00 bits per heavy atom. The lowest BCUT2D eigenvalue weighted by Gasteiger charge is -2.34. The van der Waals surface area contributed by atoms with Gasteiger partial charge in [-0.25, -0.2) is 4.39 Å². The van der Waals surface area contributed by atoms with Crippen molar-refractivity contribution >= 4 is 5.57 Å². The first-order valence-electron chi connectivity index (χ1n) is 9.23. The largest absolute Gasteiger partial charge is 0.338 e. The summed E-state index contributed by atoms with van der Waals surface area (Å²) in [6.45, 7) is 10.2. The van der Waals surface area contributed by atoms with Gasteiger partial charge in [0, 0.05) is 6.20 Å². The van der Waals surface area contributed by atoms with Crippen LogP contribution in [-0.4, -0.2) is 11.2 Å². The van der Waals surface area contributed by atoms with Crippen molar-refractivity contribution in [3.05, 3.63) is 77.5 Å². The van der Waals surface area contributed by atoms with E-state index in [0.29, 0.717) is 5.92 Å². The number of allylic oxidation sites excluding steroid dienone is 6. The van der Waals surface area contributed by atoms with E-state index in [1.807, 2.05) is 18.4 Å². The highest BCUT2D eigenvalue weighted by molar-refractivity contribution is 5.74. The summed E-state index contributed by atoms with van der Waals surface area (Å²) in [5, 5.41) is 0. The Hall–Kier alpha value is -2.09. The lowest BCUT2D eigenvalue weighted by Crippen LogP contribution is -2.30. The lowest BCUT2D eigenvalue weighted by atomic mass is 9.88. The van der Waals surface area contributed by atoms with Crippen LogP contribution in [0.15, 0.2) is 60.9 Å². The van der Waals surface area contributed by atoms with Gasteiger partial charge in [-0.2, -0.15) is 0 Å². The third kappa shape index (κ3) is 4.50. The molecule has 25 heavy (non-hydrogen) atoms. The number of rotatable bonds is 6. The predicted molar refractivity (Wildman–Crippen MR) is 107 cm³/mol. The first-order chi connectivity index (χ1) is 12.0. The van der Waals surface area contributed by atoms with Crippen molar-refractivity contribution in [2.24, 2.45) is 0 Å². The maximum atomic E-state index is 14.2. The molecule has 0 saturated carbocycles. The van der Waals surface area contributed by atoms with E-state index in [4.69, 9.17) is 0 Å². The molecule has 0 aliphatic carbocycles. The molecule has 0 amide bonds. The summed E-state index contributed by atoms with van der Waals surface area (Å²) >= 11 is 0. The summed E-state index contributed by atoms with van der Waals surface area (Å²) in [5.41, 5.74) is 4.84. The molecule has 1 aromatic rings. The van der Waals surface area contributed by atoms with Gasteiger partial charge in [0.1, 0.15) is 0 Å². The van der Waals surface area contributed by atoms with E-state index in [2.05, 4.69) is 70.2 Å². The second-order valence-corrected chi connectivity index (χ2v) is 6.75. The lowest BCUT2D eigenvalue weighted by molar-refractivity contribution is 0.122. The van der Waals surface area contributed by atoms with Gasteiger partial charge in [-0.05, 0) is 60.6 Å². The topological polar surface area (TPSA) is 3.24 Å². The van der Waals surface area contributed by atoms with Crippen molar-refractivity contribution in [3.63, 3.8) is 0 Å². The quantitative estimate of drug-likeness (QED) is 0.401. The standard InChI is InChI=1S/C23H30FN/c1-6-8-11-19(7-2)20-13-14-21(17(3)4)22(16-20)23-12-9-10-15-25(23)18(5)24/h7-18,23H,6H2,1-5H3/b11-8-,19-7+. The fourth-order valence-electron chi connectivity index (χ4n) is 3.25. The van der Waals surface area contributed by atoms with E-state index in [1.54, 1.807) is 11.8 Å². The van der Waals surface area contributed by atoms with Crippen molar-refractivity contribution < 1.29 is 4.39 Å². The summed E-state index contributed by atoms with van der Waals surface area (Å²) in [6, 6.07) is 6.54. The summed E-state index contributed by atoms with van der Waals surface area (Å²) < 4.78 is 14.2. The third-order valence-electron chi connectivity index (χ3n) is 4.60. The summed E-state index contributed by atoms with van der Waals surface area (Å²) in [5.74, 6) is 0.389. The van der Waals surface area contributed by atoms with Gasteiger partial charge in [0.15, 0.2) is 6.30 Å². The first-order valence-corrected chi connectivity index (χ1v) is 9.23. The van der Waals surface area contributed by atoms with Crippen LogP contribution >= 0.6 is 0 Å². The summed E-state index contributed by atoms with van der Waals surface area (Å²) in [4.78, 5) is 1.78. The van der Waals surface area contributed by atoms with Gasteiger partial charge < -0.3 is 4.90 Å². The summed E-state index contributed by atoms with van der Waals surface area (Å²) in [6.07, 6.45) is 14.3. The van der Waals surface area contributed by atoms with Crippen LogP contribution in [0, 0.1) is 0 Å². The molecule has 2 unspecified atom stereocenters. The van der Waals surface area contributed by atoms with Crippen molar-refractivity contribution in [3.8, 4) is 0 Å². The van der Waals surface area contributed by atoms with Crippen LogP contribution in [-0.2, 0) is 0 Å². The van der Waals surface area contributed by atoms with Crippen molar-refractivity contribution in [1.82, 2.24) is 4.90 Å². The zero-order valence-electron chi connectivity index (χ0n) is 16.0. The Labute approximate surface area is 152 Å². The van der Waals surface area contributed by atoms with Gasteiger partial charge in [-0.1, -0.05) is 63.3 Å². The van der Waals surface area contributed by atoms with Crippen LogP contribution in [0.25, 0.3) is 5.57 Å². The Balaban J connectivity index is 2.54. The van der Waals surface area contributed by atoms with Crippen LogP contribution < -0.4 is 0 Å². The SMILES string of the molecule is C/C=C(\C=C/CC)c1ccc(C(C)C)c(C2C=CC=CN2C(C)F)c1. The minimum Gasteiger partial charge on any atom is -0.338 e. The average molecular weight is 339 g/mol. The molecular weight excluding hydrogens is 309 g/mol. The number of hydrogen-bond donors (Lipinski definition) is 0. The molecule has 1 heterocycles. The van der Waals surface area contributed by atoms with E-state index in [0.717, 1.165) is 6.42 Å². The second kappa shape index (κ2) is 8.84. The van der Waals surface area contributed by atoms with Crippen LogP contribution in [0.2, 0.25) is 0 Å². The minimum absolute atomic E-state index is 0.0735. The van der Waals surface area contributed by atoms with Crippen LogP contribution in [0.1, 0.15) is 69.7 Å². The van der Waals surface area contributed by atoms with E-state index in [1.165, 1.54) is 22.3 Å². The van der Waals surface area contributed by atoms with Gasteiger partial charge >= 0.3 is 0 Å². The Bertz CT molecular complexity index is 692. The van der Waals surface area contributed by atoms with E-state index in [9.17, 15) is 4.39 Å². The molecular formula is C23H30FN. The molecule has 0 bridgehead atoms. The van der Waals surface area contributed by atoms with Crippen LogP contribution in [0.5, 0.6) is 0 Å². The molecule has 1 nitrogen and oxygen atoms in total. The normalized spacial score (nSPS) is 19.2. The molecule has 1 aliphatic heterocycles. The van der Waals surface area contributed by atoms with Gasteiger partial charge in [0.25, 0.3) is 0 Å². The molecule has 2 heteroatoms. The molecule has 2 rings (SSSR count). The number of alkyl halides is 1. The molecule has 134 valence electrons.